The van der Waals surface area contributed by atoms with Gasteiger partial charge in [0.05, 0.1) is 6.54 Å². The first-order chi connectivity index (χ1) is 7.80. The van der Waals surface area contributed by atoms with Crippen LogP contribution in [0.5, 0.6) is 0 Å². The number of hydrogen-bond acceptors (Lipinski definition) is 4. The van der Waals surface area contributed by atoms with E-state index in [1.54, 1.807) is 6.07 Å². The van der Waals surface area contributed by atoms with E-state index in [4.69, 9.17) is 4.42 Å². The fraction of sp³-hybridized carbons (Fsp3) is 0.636. The minimum atomic E-state index is -3.48. The summed E-state index contributed by atoms with van der Waals surface area (Å²) in [5, 5.41) is 3.25. The van der Waals surface area contributed by atoms with Crippen LogP contribution in [0.4, 0.5) is 0 Å². The maximum atomic E-state index is 11.4. The highest BCUT2D eigenvalue weighted by atomic mass is 32.2. The van der Waals surface area contributed by atoms with Crippen molar-refractivity contribution in [2.24, 2.45) is 0 Å². The second kappa shape index (κ2) is 5.20. The zero-order chi connectivity index (χ0) is 13.1. The predicted molar refractivity (Wildman–Crippen MR) is 66.2 cm³/mol. The summed E-state index contributed by atoms with van der Waals surface area (Å²) in [5.74, 6) is 0.611. The molecule has 0 amide bonds. The van der Waals surface area contributed by atoms with E-state index in [1.165, 1.54) is 13.1 Å². The topological polar surface area (TPSA) is 71.3 Å². The van der Waals surface area contributed by atoms with Crippen molar-refractivity contribution in [3.63, 3.8) is 0 Å². The van der Waals surface area contributed by atoms with Crippen molar-refractivity contribution in [1.82, 2.24) is 10.0 Å². The molecule has 17 heavy (non-hydrogen) atoms. The molecule has 0 atom stereocenters. The van der Waals surface area contributed by atoms with Gasteiger partial charge < -0.3 is 9.73 Å². The first-order valence-corrected chi connectivity index (χ1v) is 7.06. The van der Waals surface area contributed by atoms with E-state index in [0.717, 1.165) is 6.42 Å². The molecule has 0 radical (unpaired) electrons. The summed E-state index contributed by atoms with van der Waals surface area (Å²) in [6, 6.07) is 3.13. The van der Waals surface area contributed by atoms with E-state index in [9.17, 15) is 8.42 Å². The van der Waals surface area contributed by atoms with E-state index in [0.29, 0.717) is 12.3 Å². The summed E-state index contributed by atoms with van der Waals surface area (Å²) in [7, 11) is -2.12. The van der Waals surface area contributed by atoms with Gasteiger partial charge in [-0.05, 0) is 39.4 Å². The van der Waals surface area contributed by atoms with Crippen LogP contribution in [0.15, 0.2) is 21.6 Å². The third-order valence-corrected chi connectivity index (χ3v) is 4.08. The van der Waals surface area contributed by atoms with Crippen molar-refractivity contribution in [3.8, 4) is 0 Å². The van der Waals surface area contributed by atoms with Gasteiger partial charge in [0.25, 0.3) is 10.0 Å². The summed E-state index contributed by atoms with van der Waals surface area (Å²) in [6.07, 6.45) is 0.982. The highest BCUT2D eigenvalue weighted by molar-refractivity contribution is 7.89. The molecule has 5 nitrogen and oxygen atoms in total. The molecule has 0 unspecified atom stereocenters. The number of furan rings is 1. The number of hydrogen-bond donors (Lipinski definition) is 2. The average Bonchev–Trinajstić information content (AvgIpc) is 2.76. The first kappa shape index (κ1) is 14.2. The summed E-state index contributed by atoms with van der Waals surface area (Å²) in [4.78, 5) is 0. The van der Waals surface area contributed by atoms with Crippen molar-refractivity contribution in [3.05, 3.63) is 17.9 Å². The zero-order valence-corrected chi connectivity index (χ0v) is 11.5. The summed E-state index contributed by atoms with van der Waals surface area (Å²) < 4.78 is 30.4. The molecule has 0 aliphatic carbocycles. The minimum absolute atomic E-state index is 0.00876. The van der Waals surface area contributed by atoms with E-state index < -0.39 is 10.0 Å². The third kappa shape index (κ3) is 3.83. The van der Waals surface area contributed by atoms with Crippen LogP contribution in [0.1, 0.15) is 33.0 Å². The maximum Gasteiger partial charge on any atom is 0.273 e. The predicted octanol–water partition coefficient (Wildman–Crippen LogP) is 1.47. The van der Waals surface area contributed by atoms with Gasteiger partial charge in [0.2, 0.25) is 5.09 Å². The van der Waals surface area contributed by atoms with Gasteiger partial charge in [0.15, 0.2) is 0 Å². The van der Waals surface area contributed by atoms with Crippen molar-refractivity contribution in [1.29, 1.82) is 0 Å². The Bertz CT molecular complexity index is 463. The van der Waals surface area contributed by atoms with Gasteiger partial charge >= 0.3 is 0 Å². The molecular weight excluding hydrogens is 240 g/mol. The van der Waals surface area contributed by atoms with Gasteiger partial charge in [0, 0.05) is 5.54 Å². The summed E-state index contributed by atoms with van der Waals surface area (Å²) in [5.41, 5.74) is 0.00876. The standard InChI is InChI=1S/C11H20N2O3S/c1-5-11(2,3)13-8-9-6-7-10(16-9)17(14,15)12-4/h6-7,12-13H,5,8H2,1-4H3. The molecule has 0 fully saturated rings. The molecule has 1 aromatic heterocycles. The SMILES string of the molecule is CCC(C)(C)NCc1ccc(S(=O)(=O)NC)o1. The smallest absolute Gasteiger partial charge is 0.273 e. The molecule has 0 aliphatic rings. The monoisotopic (exact) mass is 260 g/mol. The Labute approximate surface area is 103 Å². The Hall–Kier alpha value is -0.850. The highest BCUT2D eigenvalue weighted by Gasteiger charge is 2.18. The van der Waals surface area contributed by atoms with Gasteiger partial charge in [-0.25, -0.2) is 13.1 Å². The molecule has 0 aromatic carbocycles. The van der Waals surface area contributed by atoms with Crippen molar-refractivity contribution < 1.29 is 12.8 Å². The first-order valence-electron chi connectivity index (χ1n) is 5.58. The summed E-state index contributed by atoms with van der Waals surface area (Å²) in [6.45, 7) is 6.77. The second-order valence-electron chi connectivity index (χ2n) is 4.52. The number of sulfonamides is 1. The largest absolute Gasteiger partial charge is 0.447 e. The lowest BCUT2D eigenvalue weighted by atomic mass is 10.0. The molecular formula is C11H20N2O3S. The van der Waals surface area contributed by atoms with Gasteiger partial charge in [-0.15, -0.1) is 0 Å². The molecule has 0 aliphatic heterocycles. The lowest BCUT2D eigenvalue weighted by Crippen LogP contribution is -2.37. The van der Waals surface area contributed by atoms with Crippen LogP contribution in [0.3, 0.4) is 0 Å². The molecule has 1 aromatic rings. The van der Waals surface area contributed by atoms with Crippen LogP contribution in [0, 0.1) is 0 Å². The molecule has 0 saturated carbocycles. The van der Waals surface area contributed by atoms with Crippen LogP contribution in [0.2, 0.25) is 0 Å². The van der Waals surface area contributed by atoms with E-state index in [-0.39, 0.29) is 10.6 Å². The molecule has 1 heterocycles. The maximum absolute atomic E-state index is 11.4. The van der Waals surface area contributed by atoms with E-state index in [1.807, 2.05) is 0 Å². The Morgan fingerprint density at radius 2 is 2.00 bits per heavy atom. The molecule has 0 saturated heterocycles. The Morgan fingerprint density at radius 3 is 2.53 bits per heavy atom. The third-order valence-electron chi connectivity index (χ3n) is 2.80. The second-order valence-corrected chi connectivity index (χ2v) is 6.34. The van der Waals surface area contributed by atoms with Gasteiger partial charge in [0.1, 0.15) is 5.76 Å². The van der Waals surface area contributed by atoms with Crippen LogP contribution < -0.4 is 10.0 Å². The van der Waals surface area contributed by atoms with Gasteiger partial charge in [-0.2, -0.15) is 0 Å². The molecule has 6 heteroatoms. The highest BCUT2D eigenvalue weighted by Crippen LogP contribution is 2.15. The quantitative estimate of drug-likeness (QED) is 0.812. The average molecular weight is 260 g/mol. The molecule has 1 rings (SSSR count). The Morgan fingerprint density at radius 1 is 1.35 bits per heavy atom. The van der Waals surface area contributed by atoms with Crippen LogP contribution >= 0.6 is 0 Å². The van der Waals surface area contributed by atoms with Crippen molar-refractivity contribution in [2.45, 2.75) is 44.4 Å². The molecule has 0 bridgehead atoms. The van der Waals surface area contributed by atoms with E-state index in [2.05, 4.69) is 30.8 Å². The van der Waals surface area contributed by atoms with Crippen molar-refractivity contribution in [2.75, 3.05) is 7.05 Å². The van der Waals surface area contributed by atoms with Crippen molar-refractivity contribution >= 4 is 10.0 Å². The van der Waals surface area contributed by atoms with Crippen LogP contribution in [0.25, 0.3) is 0 Å². The normalized spacial score (nSPS) is 12.9. The fourth-order valence-electron chi connectivity index (χ4n) is 1.15. The van der Waals surface area contributed by atoms with E-state index >= 15 is 0 Å². The van der Waals surface area contributed by atoms with Crippen LogP contribution in [-0.2, 0) is 16.6 Å². The molecule has 0 spiro atoms. The fourth-order valence-corrected chi connectivity index (χ4v) is 1.81. The molecule has 2 N–H and O–H groups in total. The number of nitrogens with one attached hydrogen (secondary N) is 2. The van der Waals surface area contributed by atoms with Gasteiger partial charge in [-0.3, -0.25) is 0 Å². The zero-order valence-electron chi connectivity index (χ0n) is 10.7. The Balaban J connectivity index is 2.71. The number of rotatable bonds is 6. The minimum Gasteiger partial charge on any atom is -0.447 e. The lowest BCUT2D eigenvalue weighted by molar-refractivity contribution is 0.335. The lowest BCUT2D eigenvalue weighted by Gasteiger charge is -2.23. The van der Waals surface area contributed by atoms with Gasteiger partial charge in [-0.1, -0.05) is 6.92 Å². The Kier molecular flexibility index (Phi) is 4.35. The summed E-state index contributed by atoms with van der Waals surface area (Å²) >= 11 is 0. The van der Waals surface area contributed by atoms with Crippen LogP contribution in [-0.4, -0.2) is 21.0 Å². The molecule has 98 valence electrons.